The number of carboxylic acid groups (broad SMARTS) is 1. The van der Waals surface area contributed by atoms with Gasteiger partial charge in [-0.25, -0.2) is 9.79 Å². The molecule has 2 aromatic rings. The fraction of sp³-hybridized carbons (Fsp3) is 0.0556. The second kappa shape index (κ2) is 8.07. The minimum absolute atomic E-state index is 0.297. The monoisotopic (exact) mass is 388 g/mol. The Morgan fingerprint density at radius 1 is 1.23 bits per heavy atom. The van der Waals surface area contributed by atoms with Gasteiger partial charge >= 0.3 is 5.97 Å². The topological polar surface area (TPSA) is 88.0 Å². The summed E-state index contributed by atoms with van der Waals surface area (Å²) in [6.07, 6.45) is 1.63. The van der Waals surface area contributed by atoms with Gasteiger partial charge in [0.15, 0.2) is 11.8 Å². The lowest BCUT2D eigenvalue weighted by Gasteiger charge is -2.06. The minimum atomic E-state index is -1.07. The largest absolute Gasteiger partial charge is 0.481 e. The highest BCUT2D eigenvalue weighted by molar-refractivity contribution is 8.18. The lowest BCUT2D eigenvalue weighted by molar-refractivity contribution is -0.139. The fourth-order valence-electron chi connectivity index (χ4n) is 2.14. The molecule has 0 aromatic heterocycles. The number of amidine groups is 1. The van der Waals surface area contributed by atoms with E-state index in [2.05, 4.69) is 10.3 Å². The minimum Gasteiger partial charge on any atom is -0.481 e. The van der Waals surface area contributed by atoms with Gasteiger partial charge in [0.25, 0.3) is 5.91 Å². The number of benzene rings is 2. The molecular weight excluding hydrogens is 376 g/mol. The van der Waals surface area contributed by atoms with Crippen LogP contribution in [0.15, 0.2) is 58.4 Å². The number of aliphatic carboxylic acids is 1. The predicted molar refractivity (Wildman–Crippen MR) is 102 cm³/mol. The molecule has 1 amide bonds. The van der Waals surface area contributed by atoms with Gasteiger partial charge < -0.3 is 15.2 Å². The van der Waals surface area contributed by atoms with Gasteiger partial charge in [-0.15, -0.1) is 0 Å². The normalized spacial score (nSPS) is 16.7. The summed E-state index contributed by atoms with van der Waals surface area (Å²) in [6, 6.07) is 14.0. The van der Waals surface area contributed by atoms with Crippen molar-refractivity contribution in [3.8, 4) is 5.75 Å². The molecule has 1 heterocycles. The van der Waals surface area contributed by atoms with Crippen LogP contribution in [0.4, 0.5) is 5.69 Å². The maximum Gasteiger partial charge on any atom is 0.341 e. The summed E-state index contributed by atoms with van der Waals surface area (Å²) in [4.78, 5) is 27.6. The summed E-state index contributed by atoms with van der Waals surface area (Å²) in [6.45, 7) is -0.460. The summed E-state index contributed by atoms with van der Waals surface area (Å²) in [7, 11) is 0. The van der Waals surface area contributed by atoms with Crippen molar-refractivity contribution in [2.75, 3.05) is 6.61 Å². The molecule has 8 heteroatoms. The summed E-state index contributed by atoms with van der Waals surface area (Å²) in [5.74, 6) is -0.990. The number of nitrogens with zero attached hydrogens (tertiary/aromatic N) is 1. The van der Waals surface area contributed by atoms with Crippen molar-refractivity contribution in [3.63, 3.8) is 0 Å². The number of ether oxygens (including phenoxy) is 1. The third-order valence-electron chi connectivity index (χ3n) is 3.28. The Morgan fingerprint density at radius 2 is 1.96 bits per heavy atom. The molecule has 0 bridgehead atoms. The molecular formula is C18H13ClN2O4S. The van der Waals surface area contributed by atoms with E-state index in [-0.39, 0.29) is 5.91 Å². The Morgan fingerprint density at radius 3 is 2.73 bits per heavy atom. The van der Waals surface area contributed by atoms with Crippen LogP contribution in [0.5, 0.6) is 5.75 Å². The predicted octanol–water partition coefficient (Wildman–Crippen LogP) is 3.70. The second-order valence-corrected chi connectivity index (χ2v) is 6.59. The molecule has 0 radical (unpaired) electrons. The molecule has 0 saturated carbocycles. The van der Waals surface area contributed by atoms with Crippen LogP contribution in [0, 0.1) is 0 Å². The molecule has 1 saturated heterocycles. The van der Waals surface area contributed by atoms with E-state index in [0.717, 1.165) is 0 Å². The van der Waals surface area contributed by atoms with Crippen LogP contribution in [0.3, 0.4) is 0 Å². The maximum absolute atomic E-state index is 12.2. The highest BCUT2D eigenvalue weighted by Gasteiger charge is 2.24. The van der Waals surface area contributed by atoms with E-state index in [0.29, 0.717) is 32.1 Å². The molecule has 2 N–H and O–H groups in total. The van der Waals surface area contributed by atoms with Crippen molar-refractivity contribution in [2.45, 2.75) is 0 Å². The van der Waals surface area contributed by atoms with Crippen LogP contribution in [-0.2, 0) is 9.59 Å². The van der Waals surface area contributed by atoms with E-state index < -0.39 is 12.6 Å². The average molecular weight is 389 g/mol. The zero-order valence-electron chi connectivity index (χ0n) is 13.3. The van der Waals surface area contributed by atoms with Gasteiger partial charge in [0.2, 0.25) is 0 Å². The molecule has 0 spiro atoms. The molecule has 0 atom stereocenters. The SMILES string of the molecule is O=C(O)COc1ccccc1/C=C1/SC(=Nc2ccccc2Cl)NC1=O. The van der Waals surface area contributed by atoms with E-state index in [9.17, 15) is 9.59 Å². The van der Waals surface area contributed by atoms with Gasteiger partial charge in [-0.3, -0.25) is 4.79 Å². The maximum atomic E-state index is 12.2. The Kier molecular flexibility index (Phi) is 5.60. The third kappa shape index (κ3) is 4.44. The zero-order valence-corrected chi connectivity index (χ0v) is 14.9. The molecule has 1 aliphatic rings. The molecule has 3 rings (SSSR count). The highest BCUT2D eigenvalue weighted by Crippen LogP contribution is 2.32. The number of carbonyl (C=O) groups excluding carboxylic acids is 1. The number of halogens is 1. The second-order valence-electron chi connectivity index (χ2n) is 5.15. The Hall–Kier alpha value is -2.77. The van der Waals surface area contributed by atoms with Crippen molar-refractivity contribution in [1.82, 2.24) is 5.32 Å². The van der Waals surface area contributed by atoms with Crippen molar-refractivity contribution in [3.05, 3.63) is 64.0 Å². The van der Waals surface area contributed by atoms with Gasteiger partial charge in [0.1, 0.15) is 5.75 Å². The van der Waals surface area contributed by atoms with E-state index >= 15 is 0 Å². The van der Waals surface area contributed by atoms with Gasteiger partial charge in [0.05, 0.1) is 15.6 Å². The van der Waals surface area contributed by atoms with Crippen LogP contribution < -0.4 is 10.1 Å². The lowest BCUT2D eigenvalue weighted by Crippen LogP contribution is -2.19. The molecule has 0 aliphatic carbocycles. The summed E-state index contributed by atoms with van der Waals surface area (Å²) in [5.41, 5.74) is 1.16. The lowest BCUT2D eigenvalue weighted by atomic mass is 10.2. The number of carboxylic acids is 1. The number of carbonyl (C=O) groups is 2. The van der Waals surface area contributed by atoms with Crippen LogP contribution in [0.2, 0.25) is 5.02 Å². The van der Waals surface area contributed by atoms with Crippen LogP contribution in [-0.4, -0.2) is 28.8 Å². The molecule has 0 unspecified atom stereocenters. The third-order valence-corrected chi connectivity index (χ3v) is 4.51. The number of aliphatic imine (C=N–C) groups is 1. The number of amides is 1. The molecule has 2 aromatic carbocycles. The van der Waals surface area contributed by atoms with Crippen LogP contribution >= 0.6 is 23.4 Å². The van der Waals surface area contributed by atoms with Crippen LogP contribution in [0.1, 0.15) is 5.56 Å². The first-order valence-corrected chi connectivity index (χ1v) is 8.70. The number of hydrogen-bond donors (Lipinski definition) is 2. The van der Waals surface area contributed by atoms with E-state index in [4.69, 9.17) is 21.4 Å². The smallest absolute Gasteiger partial charge is 0.341 e. The molecule has 6 nitrogen and oxygen atoms in total. The standard InChI is InChI=1S/C18H13ClN2O4S/c19-12-6-2-3-7-13(12)20-18-21-17(24)15(26-18)9-11-5-1-4-8-14(11)25-10-16(22)23/h1-9H,10H2,(H,22,23)(H,20,21,24)/b15-9+. The van der Waals surface area contributed by atoms with E-state index in [1.807, 2.05) is 0 Å². The number of nitrogens with one attached hydrogen (secondary N) is 1. The molecule has 26 heavy (non-hydrogen) atoms. The summed E-state index contributed by atoms with van der Waals surface area (Å²) >= 11 is 7.25. The Bertz CT molecular complexity index is 927. The first kappa shape index (κ1) is 18.0. The van der Waals surface area contributed by atoms with Crippen molar-refractivity contribution in [1.29, 1.82) is 0 Å². The summed E-state index contributed by atoms with van der Waals surface area (Å²) in [5, 5.41) is 12.3. The van der Waals surface area contributed by atoms with Gasteiger partial charge in [0, 0.05) is 5.56 Å². The van der Waals surface area contributed by atoms with Crippen LogP contribution in [0.25, 0.3) is 6.08 Å². The molecule has 132 valence electrons. The van der Waals surface area contributed by atoms with Gasteiger partial charge in [-0.05, 0) is 36.0 Å². The Balaban J connectivity index is 1.83. The first-order valence-electron chi connectivity index (χ1n) is 7.50. The van der Waals surface area contributed by atoms with Gasteiger partial charge in [-0.2, -0.15) is 0 Å². The van der Waals surface area contributed by atoms with Crippen molar-refractivity contribution >= 4 is 52.2 Å². The zero-order chi connectivity index (χ0) is 18.5. The number of hydrogen-bond acceptors (Lipinski definition) is 5. The summed E-state index contributed by atoms with van der Waals surface area (Å²) < 4.78 is 5.25. The van der Waals surface area contributed by atoms with Crippen molar-refractivity contribution in [2.24, 2.45) is 4.99 Å². The number of thioether (sulfide) groups is 1. The van der Waals surface area contributed by atoms with E-state index in [1.54, 1.807) is 54.6 Å². The van der Waals surface area contributed by atoms with Gasteiger partial charge in [-0.1, -0.05) is 41.9 Å². The fourth-order valence-corrected chi connectivity index (χ4v) is 3.15. The molecule has 1 fully saturated rings. The quantitative estimate of drug-likeness (QED) is 0.762. The molecule has 1 aliphatic heterocycles. The average Bonchev–Trinajstić information content (AvgIpc) is 2.95. The van der Waals surface area contributed by atoms with E-state index in [1.165, 1.54) is 11.8 Å². The number of rotatable bonds is 5. The first-order chi connectivity index (χ1) is 12.5. The number of para-hydroxylation sites is 2. The highest BCUT2D eigenvalue weighted by atomic mass is 35.5. The van der Waals surface area contributed by atoms with Crippen molar-refractivity contribution < 1.29 is 19.4 Å². The Labute approximate surface area is 158 Å².